The highest BCUT2D eigenvalue weighted by Crippen LogP contribution is 2.35. The maximum Gasteiger partial charge on any atom is 0.230 e. The standard InChI is InChI=1S/C18H25FN2O2/c19-16-3-1-15(2-4-16)18(7-11-23-12-8-18)17(22)21-10-6-14-5-9-20-13-14/h1-4,14,20H,5-13H2,(H,21,22). The number of nitrogens with one attached hydrogen (secondary N) is 2. The van der Waals surface area contributed by atoms with Gasteiger partial charge in [-0.25, -0.2) is 4.39 Å². The number of carbonyl (C=O) groups is 1. The molecule has 2 aliphatic rings. The first-order valence-electron chi connectivity index (χ1n) is 8.53. The van der Waals surface area contributed by atoms with Crippen LogP contribution in [0.2, 0.25) is 0 Å². The molecule has 2 N–H and O–H groups in total. The number of amides is 1. The SMILES string of the molecule is O=C(NCCC1CCNC1)C1(c2ccc(F)cc2)CCOCC1. The van der Waals surface area contributed by atoms with Crippen molar-refractivity contribution in [1.29, 1.82) is 0 Å². The molecule has 1 unspecified atom stereocenters. The van der Waals surface area contributed by atoms with E-state index in [1.54, 1.807) is 12.1 Å². The van der Waals surface area contributed by atoms with E-state index in [2.05, 4.69) is 10.6 Å². The minimum atomic E-state index is -0.583. The van der Waals surface area contributed by atoms with Crippen molar-refractivity contribution in [2.45, 2.75) is 31.1 Å². The summed E-state index contributed by atoms with van der Waals surface area (Å²) in [6, 6.07) is 6.34. The first-order valence-corrected chi connectivity index (χ1v) is 8.53. The quantitative estimate of drug-likeness (QED) is 0.872. The average Bonchev–Trinajstić information content (AvgIpc) is 3.09. The summed E-state index contributed by atoms with van der Waals surface area (Å²) in [6.45, 7) is 3.96. The molecular formula is C18H25FN2O2. The summed E-state index contributed by atoms with van der Waals surface area (Å²) in [5.41, 5.74) is 0.308. The number of benzene rings is 1. The van der Waals surface area contributed by atoms with Crippen LogP contribution in [0.3, 0.4) is 0 Å². The van der Waals surface area contributed by atoms with Gasteiger partial charge in [0.15, 0.2) is 0 Å². The molecule has 0 radical (unpaired) electrons. The molecule has 0 aliphatic carbocycles. The van der Waals surface area contributed by atoms with Crippen molar-refractivity contribution in [1.82, 2.24) is 10.6 Å². The second-order valence-corrected chi connectivity index (χ2v) is 6.60. The van der Waals surface area contributed by atoms with Crippen LogP contribution in [0.15, 0.2) is 24.3 Å². The van der Waals surface area contributed by atoms with Gasteiger partial charge in [0, 0.05) is 19.8 Å². The molecule has 1 atom stereocenters. The summed E-state index contributed by atoms with van der Waals surface area (Å²) in [4.78, 5) is 12.9. The topological polar surface area (TPSA) is 50.4 Å². The van der Waals surface area contributed by atoms with E-state index in [0.29, 0.717) is 38.5 Å². The molecule has 3 rings (SSSR count). The third-order valence-electron chi connectivity index (χ3n) is 5.18. The first kappa shape index (κ1) is 16.4. The Labute approximate surface area is 136 Å². The number of halogens is 1. The van der Waals surface area contributed by atoms with Crippen LogP contribution in [0.5, 0.6) is 0 Å². The van der Waals surface area contributed by atoms with Gasteiger partial charge in [-0.2, -0.15) is 0 Å². The van der Waals surface area contributed by atoms with Crippen LogP contribution < -0.4 is 10.6 Å². The predicted molar refractivity (Wildman–Crippen MR) is 86.7 cm³/mol. The van der Waals surface area contributed by atoms with Gasteiger partial charge >= 0.3 is 0 Å². The molecule has 4 nitrogen and oxygen atoms in total. The van der Waals surface area contributed by atoms with Crippen LogP contribution in [0.25, 0.3) is 0 Å². The van der Waals surface area contributed by atoms with Crippen molar-refractivity contribution in [2.75, 3.05) is 32.8 Å². The third-order valence-corrected chi connectivity index (χ3v) is 5.18. The van der Waals surface area contributed by atoms with Crippen LogP contribution in [0.4, 0.5) is 4.39 Å². The fourth-order valence-corrected chi connectivity index (χ4v) is 3.66. The monoisotopic (exact) mass is 320 g/mol. The van der Waals surface area contributed by atoms with Gasteiger partial charge < -0.3 is 15.4 Å². The molecule has 1 aromatic carbocycles. The molecule has 5 heteroatoms. The summed E-state index contributed by atoms with van der Waals surface area (Å²) in [5.74, 6) is 0.440. The highest BCUT2D eigenvalue weighted by molar-refractivity contribution is 5.88. The molecule has 0 saturated carbocycles. The molecule has 0 aromatic heterocycles. The van der Waals surface area contributed by atoms with Gasteiger partial charge in [0.05, 0.1) is 5.41 Å². The lowest BCUT2D eigenvalue weighted by Gasteiger charge is -2.36. The number of rotatable bonds is 5. The zero-order valence-corrected chi connectivity index (χ0v) is 13.4. The maximum absolute atomic E-state index is 13.2. The number of carbonyl (C=O) groups excluding carboxylic acids is 1. The van der Waals surface area contributed by atoms with E-state index in [4.69, 9.17) is 4.74 Å². The van der Waals surface area contributed by atoms with Crippen molar-refractivity contribution >= 4 is 5.91 Å². The Morgan fingerprint density at radius 1 is 1.30 bits per heavy atom. The summed E-state index contributed by atoms with van der Waals surface area (Å²) in [6.07, 6.45) is 3.49. The second kappa shape index (κ2) is 7.41. The Morgan fingerprint density at radius 2 is 2.04 bits per heavy atom. The highest BCUT2D eigenvalue weighted by atomic mass is 19.1. The van der Waals surface area contributed by atoms with Gasteiger partial charge in [0.25, 0.3) is 0 Å². The molecule has 2 fully saturated rings. The van der Waals surface area contributed by atoms with E-state index in [9.17, 15) is 9.18 Å². The molecular weight excluding hydrogens is 295 g/mol. The van der Waals surface area contributed by atoms with Gasteiger partial charge in [-0.05, 0) is 62.4 Å². The van der Waals surface area contributed by atoms with Crippen molar-refractivity contribution in [3.63, 3.8) is 0 Å². The summed E-state index contributed by atoms with van der Waals surface area (Å²) < 4.78 is 18.7. The van der Waals surface area contributed by atoms with Crippen molar-refractivity contribution < 1.29 is 13.9 Å². The minimum Gasteiger partial charge on any atom is -0.381 e. The highest BCUT2D eigenvalue weighted by Gasteiger charge is 2.41. The summed E-state index contributed by atoms with van der Waals surface area (Å²) in [5, 5.41) is 6.46. The predicted octanol–water partition coefficient (Wildman–Crippen LogP) is 1.99. The van der Waals surface area contributed by atoms with E-state index in [1.807, 2.05) is 0 Å². The van der Waals surface area contributed by atoms with Gasteiger partial charge in [-0.1, -0.05) is 12.1 Å². The van der Waals surface area contributed by atoms with Crippen LogP contribution in [-0.4, -0.2) is 38.8 Å². The van der Waals surface area contributed by atoms with Crippen LogP contribution in [0, 0.1) is 11.7 Å². The van der Waals surface area contributed by atoms with Crippen LogP contribution in [0.1, 0.15) is 31.2 Å². The van der Waals surface area contributed by atoms with E-state index < -0.39 is 5.41 Å². The first-order chi connectivity index (χ1) is 11.2. The van der Waals surface area contributed by atoms with E-state index >= 15 is 0 Å². The summed E-state index contributed by atoms with van der Waals surface area (Å²) >= 11 is 0. The Balaban J connectivity index is 1.67. The lowest BCUT2D eigenvalue weighted by atomic mass is 9.73. The van der Waals surface area contributed by atoms with Gasteiger partial charge in [-0.3, -0.25) is 4.79 Å². The Morgan fingerprint density at radius 3 is 2.70 bits per heavy atom. The molecule has 1 aromatic rings. The minimum absolute atomic E-state index is 0.0540. The number of hydrogen-bond acceptors (Lipinski definition) is 3. The van der Waals surface area contributed by atoms with E-state index in [1.165, 1.54) is 18.6 Å². The molecule has 2 heterocycles. The zero-order chi connectivity index (χ0) is 16.1. The Hall–Kier alpha value is -1.46. The van der Waals surface area contributed by atoms with Gasteiger partial charge in [-0.15, -0.1) is 0 Å². The molecule has 0 spiro atoms. The normalized spacial score (nSPS) is 23.6. The number of hydrogen-bond donors (Lipinski definition) is 2. The molecule has 126 valence electrons. The van der Waals surface area contributed by atoms with Crippen molar-refractivity contribution in [3.05, 3.63) is 35.6 Å². The lowest BCUT2D eigenvalue weighted by molar-refractivity contribution is -0.130. The fourth-order valence-electron chi connectivity index (χ4n) is 3.66. The third kappa shape index (κ3) is 3.72. The van der Waals surface area contributed by atoms with Gasteiger partial charge in [0.2, 0.25) is 5.91 Å². The van der Waals surface area contributed by atoms with Crippen molar-refractivity contribution in [2.24, 2.45) is 5.92 Å². The van der Waals surface area contributed by atoms with Gasteiger partial charge in [0.1, 0.15) is 5.82 Å². The van der Waals surface area contributed by atoms with Crippen molar-refractivity contribution in [3.8, 4) is 0 Å². The largest absolute Gasteiger partial charge is 0.381 e. The molecule has 2 saturated heterocycles. The maximum atomic E-state index is 13.2. The van der Waals surface area contributed by atoms with E-state index in [-0.39, 0.29) is 11.7 Å². The fraction of sp³-hybridized carbons (Fsp3) is 0.611. The molecule has 2 aliphatic heterocycles. The number of ether oxygens (including phenoxy) is 1. The Bertz CT molecular complexity index is 520. The molecule has 1 amide bonds. The Kier molecular flexibility index (Phi) is 5.28. The lowest BCUT2D eigenvalue weighted by Crippen LogP contribution is -2.48. The second-order valence-electron chi connectivity index (χ2n) is 6.60. The zero-order valence-electron chi connectivity index (χ0n) is 13.4. The van der Waals surface area contributed by atoms with Crippen LogP contribution >= 0.6 is 0 Å². The molecule has 23 heavy (non-hydrogen) atoms. The smallest absolute Gasteiger partial charge is 0.230 e. The van der Waals surface area contributed by atoms with Crippen LogP contribution in [-0.2, 0) is 14.9 Å². The van der Waals surface area contributed by atoms with E-state index in [0.717, 1.165) is 25.1 Å². The average molecular weight is 320 g/mol. The molecule has 0 bridgehead atoms. The summed E-state index contributed by atoms with van der Waals surface area (Å²) in [7, 11) is 0.